The maximum Gasteiger partial charge on any atom is 0.328 e. The second kappa shape index (κ2) is 7.03. The van der Waals surface area contributed by atoms with Crippen molar-refractivity contribution >= 4 is 16.8 Å². The molecule has 0 aromatic heterocycles. The third-order valence-electron chi connectivity index (χ3n) is 1.31. The van der Waals surface area contributed by atoms with E-state index in [9.17, 15) is 9.00 Å². The summed E-state index contributed by atoms with van der Waals surface area (Å²) >= 11 is 0. The number of carbonyl (C=O) groups is 1. The Morgan fingerprint density at radius 3 is 2.67 bits per heavy atom. The molecule has 12 heavy (non-hydrogen) atoms. The first-order valence-corrected chi connectivity index (χ1v) is 5.33. The van der Waals surface area contributed by atoms with Crippen LogP contribution in [0.2, 0.25) is 0 Å². The van der Waals surface area contributed by atoms with Crippen molar-refractivity contribution in [2.24, 2.45) is 0 Å². The van der Waals surface area contributed by atoms with Crippen LogP contribution in [0.4, 0.5) is 0 Å². The van der Waals surface area contributed by atoms with Gasteiger partial charge in [-0.05, 0) is 6.42 Å². The van der Waals surface area contributed by atoms with Gasteiger partial charge in [0.25, 0.3) is 0 Å². The fourth-order valence-corrected chi connectivity index (χ4v) is 1.59. The number of hydrogen-bond acceptors (Lipinski definition) is 2. The van der Waals surface area contributed by atoms with Crippen molar-refractivity contribution in [1.82, 2.24) is 0 Å². The highest BCUT2D eigenvalue weighted by molar-refractivity contribution is 7.87. The van der Waals surface area contributed by atoms with Crippen molar-refractivity contribution in [2.75, 3.05) is 5.75 Å². The lowest BCUT2D eigenvalue weighted by Crippen LogP contribution is -1.95. The highest BCUT2D eigenvalue weighted by atomic mass is 32.2. The Morgan fingerprint density at radius 1 is 1.50 bits per heavy atom. The van der Waals surface area contributed by atoms with Crippen LogP contribution in [0.3, 0.4) is 0 Å². The molecule has 0 aliphatic heterocycles. The van der Waals surface area contributed by atoms with E-state index in [1.807, 2.05) is 0 Å². The minimum Gasteiger partial charge on any atom is -0.478 e. The van der Waals surface area contributed by atoms with E-state index in [2.05, 4.69) is 6.92 Å². The highest BCUT2D eigenvalue weighted by Crippen LogP contribution is 1.97. The molecule has 0 amide bonds. The standard InChI is InChI=1S/C8H14O3S/c1-2-3-4-6-12(11)7-5-8(9)10/h5,7H,2-4,6H2,1H3,(H,9,10)/b7-5+. The number of unbranched alkanes of at least 4 members (excludes halogenated alkanes) is 2. The van der Waals surface area contributed by atoms with Crippen LogP contribution in [0.5, 0.6) is 0 Å². The summed E-state index contributed by atoms with van der Waals surface area (Å²) in [5.74, 6) is -0.476. The molecule has 70 valence electrons. The lowest BCUT2D eigenvalue weighted by Gasteiger charge is -1.93. The van der Waals surface area contributed by atoms with Gasteiger partial charge in [0.2, 0.25) is 0 Å². The van der Waals surface area contributed by atoms with Gasteiger partial charge < -0.3 is 5.11 Å². The van der Waals surface area contributed by atoms with Gasteiger partial charge in [-0.1, -0.05) is 19.8 Å². The molecule has 1 N–H and O–H groups in total. The Labute approximate surface area is 74.9 Å². The summed E-state index contributed by atoms with van der Waals surface area (Å²) in [5, 5.41) is 9.45. The number of hydrogen-bond donors (Lipinski definition) is 1. The molecule has 0 aliphatic carbocycles. The Morgan fingerprint density at radius 2 is 2.17 bits per heavy atom. The van der Waals surface area contributed by atoms with E-state index in [0.717, 1.165) is 25.3 Å². The van der Waals surface area contributed by atoms with E-state index >= 15 is 0 Å². The smallest absolute Gasteiger partial charge is 0.328 e. The summed E-state index contributed by atoms with van der Waals surface area (Å²) in [7, 11) is -1.10. The van der Waals surface area contributed by atoms with Crippen LogP contribution in [0.15, 0.2) is 11.5 Å². The Bertz CT molecular complexity index is 187. The van der Waals surface area contributed by atoms with Gasteiger partial charge >= 0.3 is 5.97 Å². The molecule has 0 heterocycles. The first kappa shape index (κ1) is 11.4. The molecule has 0 aromatic carbocycles. The van der Waals surface area contributed by atoms with Crippen molar-refractivity contribution in [3.05, 3.63) is 11.5 Å². The fraction of sp³-hybridized carbons (Fsp3) is 0.625. The van der Waals surface area contributed by atoms with Crippen LogP contribution in [-0.2, 0) is 15.6 Å². The lowest BCUT2D eigenvalue weighted by molar-refractivity contribution is -0.131. The third-order valence-corrected chi connectivity index (χ3v) is 2.44. The van der Waals surface area contributed by atoms with Crippen LogP contribution >= 0.6 is 0 Å². The van der Waals surface area contributed by atoms with Crippen molar-refractivity contribution in [3.63, 3.8) is 0 Å². The van der Waals surface area contributed by atoms with E-state index < -0.39 is 16.8 Å². The molecule has 0 bridgehead atoms. The van der Waals surface area contributed by atoms with Gasteiger partial charge in [-0.3, -0.25) is 4.21 Å². The topological polar surface area (TPSA) is 54.4 Å². The van der Waals surface area contributed by atoms with Gasteiger partial charge in [0.15, 0.2) is 0 Å². The summed E-state index contributed by atoms with van der Waals surface area (Å²) in [6.45, 7) is 2.07. The molecule has 4 heteroatoms. The molecule has 3 nitrogen and oxygen atoms in total. The molecule has 0 saturated carbocycles. The van der Waals surface area contributed by atoms with Gasteiger partial charge in [0.1, 0.15) is 0 Å². The van der Waals surface area contributed by atoms with E-state index in [1.165, 1.54) is 5.41 Å². The Balaban J connectivity index is 3.53. The monoisotopic (exact) mass is 190 g/mol. The lowest BCUT2D eigenvalue weighted by atomic mass is 10.3. The predicted molar refractivity (Wildman–Crippen MR) is 49.3 cm³/mol. The van der Waals surface area contributed by atoms with E-state index in [1.54, 1.807) is 0 Å². The summed E-state index contributed by atoms with van der Waals surface area (Å²) in [6, 6.07) is 0. The van der Waals surface area contributed by atoms with Gasteiger partial charge in [-0.25, -0.2) is 4.79 Å². The number of aliphatic carboxylic acids is 1. The predicted octanol–water partition coefficient (Wildman–Crippen LogP) is 1.52. The molecular formula is C8H14O3S. The molecule has 0 aliphatic rings. The zero-order valence-electron chi connectivity index (χ0n) is 7.16. The van der Waals surface area contributed by atoms with E-state index in [4.69, 9.17) is 5.11 Å². The molecule has 0 rings (SSSR count). The molecule has 0 radical (unpaired) electrons. The van der Waals surface area contributed by atoms with Crippen LogP contribution in [0, 0.1) is 0 Å². The van der Waals surface area contributed by atoms with E-state index in [-0.39, 0.29) is 0 Å². The molecule has 1 unspecified atom stereocenters. The Kier molecular flexibility index (Phi) is 6.66. The number of carboxylic acid groups (broad SMARTS) is 1. The van der Waals surface area contributed by atoms with Crippen molar-refractivity contribution in [3.8, 4) is 0 Å². The Hall–Kier alpha value is -0.640. The summed E-state index contributed by atoms with van der Waals surface area (Å²) in [6.07, 6.45) is 3.96. The minimum absolute atomic E-state index is 0.567. The normalized spacial score (nSPS) is 13.4. The van der Waals surface area contributed by atoms with Crippen LogP contribution < -0.4 is 0 Å². The van der Waals surface area contributed by atoms with Crippen molar-refractivity contribution in [1.29, 1.82) is 0 Å². The van der Waals surface area contributed by atoms with Gasteiger partial charge in [0, 0.05) is 28.0 Å². The maximum absolute atomic E-state index is 11.0. The largest absolute Gasteiger partial charge is 0.478 e. The molecule has 0 aromatic rings. The number of rotatable bonds is 6. The first-order chi connectivity index (χ1) is 5.66. The van der Waals surface area contributed by atoms with Crippen LogP contribution in [-0.4, -0.2) is 21.0 Å². The average molecular weight is 190 g/mol. The summed E-state index contributed by atoms with van der Waals surface area (Å²) < 4.78 is 11.0. The molecule has 0 saturated heterocycles. The zero-order valence-corrected chi connectivity index (χ0v) is 7.97. The SMILES string of the molecule is CCCCCS(=O)/C=C/C(=O)O. The van der Waals surface area contributed by atoms with Crippen LogP contribution in [0.1, 0.15) is 26.2 Å². The second-order valence-corrected chi connectivity index (χ2v) is 3.87. The minimum atomic E-state index is -1.10. The third kappa shape index (κ3) is 7.47. The average Bonchev–Trinajstić information content (AvgIpc) is 2.01. The summed E-state index contributed by atoms with van der Waals surface area (Å²) in [5.41, 5.74) is 0. The van der Waals surface area contributed by atoms with Gasteiger partial charge in [0.05, 0.1) is 0 Å². The number of carboxylic acids is 1. The van der Waals surface area contributed by atoms with Gasteiger partial charge in [-0.15, -0.1) is 0 Å². The zero-order chi connectivity index (χ0) is 9.40. The first-order valence-electron chi connectivity index (χ1n) is 3.95. The maximum atomic E-state index is 11.0. The second-order valence-electron chi connectivity index (χ2n) is 2.43. The summed E-state index contributed by atoms with van der Waals surface area (Å²) in [4.78, 5) is 10.0. The fourth-order valence-electron chi connectivity index (χ4n) is 0.696. The molecular weight excluding hydrogens is 176 g/mol. The van der Waals surface area contributed by atoms with E-state index in [0.29, 0.717) is 5.75 Å². The van der Waals surface area contributed by atoms with Gasteiger partial charge in [-0.2, -0.15) is 0 Å². The molecule has 0 fully saturated rings. The van der Waals surface area contributed by atoms with Crippen molar-refractivity contribution in [2.45, 2.75) is 26.2 Å². The van der Waals surface area contributed by atoms with Crippen molar-refractivity contribution < 1.29 is 14.1 Å². The van der Waals surface area contributed by atoms with Crippen LogP contribution in [0.25, 0.3) is 0 Å². The highest BCUT2D eigenvalue weighted by Gasteiger charge is 1.94. The quantitative estimate of drug-likeness (QED) is 0.510. The molecule has 1 atom stereocenters. The molecule has 0 spiro atoms.